The van der Waals surface area contributed by atoms with Gasteiger partial charge in [-0.2, -0.15) is 0 Å². The van der Waals surface area contributed by atoms with Crippen LogP contribution in [0.4, 0.5) is 14.5 Å². The molecular formula is C30H28ClF2N3O2. The van der Waals surface area contributed by atoms with E-state index in [1.807, 2.05) is 30.3 Å². The lowest BCUT2D eigenvalue weighted by Crippen LogP contribution is -2.48. The molecule has 1 saturated heterocycles. The van der Waals surface area contributed by atoms with E-state index in [0.29, 0.717) is 62.4 Å². The highest BCUT2D eigenvalue weighted by Crippen LogP contribution is 2.22. The molecule has 0 atom stereocenters. The Balaban J connectivity index is 1.24. The molecule has 0 saturated carbocycles. The summed E-state index contributed by atoms with van der Waals surface area (Å²) in [5.74, 6) is 0.184. The van der Waals surface area contributed by atoms with Crippen LogP contribution in [-0.2, 0) is 19.6 Å². The zero-order chi connectivity index (χ0) is 26.5. The van der Waals surface area contributed by atoms with Gasteiger partial charge in [-0.3, -0.25) is 9.69 Å². The van der Waals surface area contributed by atoms with Crippen LogP contribution >= 0.6 is 11.6 Å². The molecule has 0 radical (unpaired) electrons. The molecule has 0 aliphatic carbocycles. The van der Waals surface area contributed by atoms with Crippen molar-refractivity contribution in [3.05, 3.63) is 124 Å². The van der Waals surface area contributed by atoms with Crippen molar-refractivity contribution >= 4 is 23.2 Å². The second kappa shape index (κ2) is 11.8. The predicted molar refractivity (Wildman–Crippen MR) is 144 cm³/mol. The maximum atomic E-state index is 13.8. The molecule has 0 N–H and O–H groups in total. The summed E-state index contributed by atoms with van der Waals surface area (Å²) >= 11 is 6.13. The number of furan rings is 1. The van der Waals surface area contributed by atoms with Crippen molar-refractivity contribution in [2.24, 2.45) is 0 Å². The van der Waals surface area contributed by atoms with Gasteiger partial charge in [0.25, 0.3) is 5.91 Å². The fourth-order valence-corrected chi connectivity index (χ4v) is 4.89. The highest BCUT2D eigenvalue weighted by atomic mass is 35.5. The Morgan fingerprint density at radius 2 is 1.53 bits per heavy atom. The van der Waals surface area contributed by atoms with Crippen molar-refractivity contribution in [1.29, 1.82) is 0 Å². The summed E-state index contributed by atoms with van der Waals surface area (Å²) in [5, 5.41) is 0.690. The van der Waals surface area contributed by atoms with Gasteiger partial charge in [0, 0.05) is 50.0 Å². The summed E-state index contributed by atoms with van der Waals surface area (Å²) in [6, 6.07) is 24.0. The summed E-state index contributed by atoms with van der Waals surface area (Å²) in [4.78, 5) is 19.2. The Morgan fingerprint density at radius 3 is 2.26 bits per heavy atom. The molecule has 38 heavy (non-hydrogen) atoms. The minimum absolute atomic E-state index is 0.141. The number of halogens is 3. The molecule has 1 aliphatic heterocycles. The van der Waals surface area contributed by atoms with E-state index in [2.05, 4.69) is 9.80 Å². The van der Waals surface area contributed by atoms with Crippen molar-refractivity contribution in [3.63, 3.8) is 0 Å². The molecule has 3 aromatic carbocycles. The van der Waals surface area contributed by atoms with Crippen LogP contribution in [0.3, 0.4) is 0 Å². The summed E-state index contributed by atoms with van der Waals surface area (Å²) in [6.07, 6.45) is 0. The molecule has 1 aliphatic rings. The molecule has 1 fully saturated rings. The van der Waals surface area contributed by atoms with Crippen LogP contribution in [0.1, 0.15) is 27.4 Å². The van der Waals surface area contributed by atoms with E-state index in [1.54, 1.807) is 35.2 Å². The lowest BCUT2D eigenvalue weighted by molar-refractivity contribution is 0.0710. The predicted octanol–water partition coefficient (Wildman–Crippen LogP) is 6.38. The molecule has 0 unspecified atom stereocenters. The van der Waals surface area contributed by atoms with Gasteiger partial charge in [0.2, 0.25) is 0 Å². The fraction of sp³-hybridized carbons (Fsp3) is 0.233. The van der Waals surface area contributed by atoms with Crippen molar-refractivity contribution in [3.8, 4) is 0 Å². The smallest absolute Gasteiger partial charge is 0.289 e. The van der Waals surface area contributed by atoms with Crippen LogP contribution in [0.25, 0.3) is 0 Å². The number of anilines is 1. The first-order valence-electron chi connectivity index (χ1n) is 12.5. The third kappa shape index (κ3) is 6.60. The SMILES string of the molecule is O=C(c1ccc(CN(Cc2ccc(F)cc2)Cc2cccc(F)c2)o1)N1CCN(c2cccc(Cl)c2)CC1. The first kappa shape index (κ1) is 25.9. The van der Waals surface area contributed by atoms with Crippen molar-refractivity contribution in [2.45, 2.75) is 19.6 Å². The number of nitrogens with zero attached hydrogens (tertiary/aromatic N) is 3. The van der Waals surface area contributed by atoms with Gasteiger partial charge < -0.3 is 14.2 Å². The minimum Gasteiger partial charge on any atom is -0.455 e. The number of piperazine rings is 1. The Kier molecular flexibility index (Phi) is 8.05. The van der Waals surface area contributed by atoms with E-state index in [4.69, 9.17) is 16.0 Å². The second-order valence-electron chi connectivity index (χ2n) is 9.43. The molecule has 2 heterocycles. The van der Waals surface area contributed by atoms with Gasteiger partial charge in [0.15, 0.2) is 5.76 Å². The van der Waals surface area contributed by atoms with Gasteiger partial charge in [-0.25, -0.2) is 8.78 Å². The van der Waals surface area contributed by atoms with Crippen LogP contribution in [0.15, 0.2) is 89.3 Å². The fourth-order valence-electron chi connectivity index (χ4n) is 4.70. The largest absolute Gasteiger partial charge is 0.455 e. The molecule has 0 spiro atoms. The molecule has 5 nitrogen and oxygen atoms in total. The number of rotatable bonds is 8. The highest BCUT2D eigenvalue weighted by Gasteiger charge is 2.25. The lowest BCUT2D eigenvalue weighted by atomic mass is 10.1. The van der Waals surface area contributed by atoms with Gasteiger partial charge >= 0.3 is 0 Å². The Hall–Kier alpha value is -3.68. The first-order chi connectivity index (χ1) is 18.4. The first-order valence-corrected chi connectivity index (χ1v) is 12.9. The molecule has 1 amide bonds. The Bertz CT molecular complexity index is 1380. The van der Waals surface area contributed by atoms with Gasteiger partial charge in [0.05, 0.1) is 6.54 Å². The Morgan fingerprint density at radius 1 is 0.789 bits per heavy atom. The van der Waals surface area contributed by atoms with Crippen molar-refractivity contribution in [2.75, 3.05) is 31.1 Å². The lowest BCUT2D eigenvalue weighted by Gasteiger charge is -2.35. The molecule has 196 valence electrons. The third-order valence-corrected chi connectivity index (χ3v) is 6.84. The van der Waals surface area contributed by atoms with E-state index in [-0.39, 0.29) is 17.5 Å². The molecular weight excluding hydrogens is 508 g/mol. The van der Waals surface area contributed by atoms with E-state index >= 15 is 0 Å². The highest BCUT2D eigenvalue weighted by molar-refractivity contribution is 6.30. The van der Waals surface area contributed by atoms with Gasteiger partial charge in [-0.15, -0.1) is 0 Å². The standard InChI is InChI=1S/C30H28ClF2N3O2/c31-24-4-2-6-27(18-24)35-13-15-36(16-14-35)30(37)29-12-11-28(38-29)21-34(19-22-7-9-25(32)10-8-22)20-23-3-1-5-26(33)17-23/h1-12,17-18H,13-16,19-21H2. The molecule has 5 rings (SSSR count). The quantitative estimate of drug-likeness (QED) is 0.263. The van der Waals surface area contributed by atoms with Crippen molar-refractivity contribution < 1.29 is 18.0 Å². The van der Waals surface area contributed by atoms with E-state index in [9.17, 15) is 13.6 Å². The molecule has 1 aromatic heterocycles. The Labute approximate surface area is 225 Å². The summed E-state index contributed by atoms with van der Waals surface area (Å²) in [6.45, 7) is 3.95. The number of carbonyl (C=O) groups excluding carboxylic acids is 1. The maximum absolute atomic E-state index is 13.8. The second-order valence-corrected chi connectivity index (χ2v) is 9.86. The van der Waals surface area contributed by atoms with Gasteiger partial charge in [0.1, 0.15) is 17.4 Å². The van der Waals surface area contributed by atoms with Crippen LogP contribution in [0.5, 0.6) is 0 Å². The maximum Gasteiger partial charge on any atom is 0.289 e. The number of amides is 1. The zero-order valence-electron chi connectivity index (χ0n) is 20.8. The zero-order valence-corrected chi connectivity index (χ0v) is 21.6. The minimum atomic E-state index is -0.300. The topological polar surface area (TPSA) is 39.9 Å². The van der Waals surface area contributed by atoms with E-state index < -0.39 is 0 Å². The third-order valence-electron chi connectivity index (χ3n) is 6.61. The summed E-state index contributed by atoms with van der Waals surface area (Å²) < 4.78 is 33.2. The molecule has 8 heteroatoms. The summed E-state index contributed by atoms with van der Waals surface area (Å²) in [7, 11) is 0. The number of benzene rings is 3. The normalized spacial score (nSPS) is 13.8. The van der Waals surface area contributed by atoms with E-state index in [0.717, 1.165) is 16.8 Å². The average Bonchev–Trinajstić information content (AvgIpc) is 3.38. The van der Waals surface area contributed by atoms with Crippen LogP contribution in [0.2, 0.25) is 5.02 Å². The monoisotopic (exact) mass is 535 g/mol. The van der Waals surface area contributed by atoms with Gasteiger partial charge in [-0.05, 0) is 65.7 Å². The van der Waals surface area contributed by atoms with Crippen LogP contribution < -0.4 is 4.90 Å². The van der Waals surface area contributed by atoms with Crippen LogP contribution in [0, 0.1) is 11.6 Å². The number of hydrogen-bond acceptors (Lipinski definition) is 4. The molecule has 4 aromatic rings. The van der Waals surface area contributed by atoms with Crippen molar-refractivity contribution in [1.82, 2.24) is 9.80 Å². The number of carbonyl (C=O) groups is 1. The van der Waals surface area contributed by atoms with Gasteiger partial charge in [-0.1, -0.05) is 41.9 Å². The number of hydrogen-bond donors (Lipinski definition) is 0. The average molecular weight is 536 g/mol. The summed E-state index contributed by atoms with van der Waals surface area (Å²) in [5.41, 5.74) is 2.78. The van der Waals surface area contributed by atoms with Crippen LogP contribution in [-0.4, -0.2) is 41.9 Å². The van der Waals surface area contributed by atoms with E-state index in [1.165, 1.54) is 24.3 Å². The molecule has 0 bridgehead atoms.